The molecule has 0 aromatic carbocycles. The zero-order chi connectivity index (χ0) is 10.8. The van der Waals surface area contributed by atoms with Crippen LogP contribution in [0.2, 0.25) is 0 Å². The van der Waals surface area contributed by atoms with Crippen molar-refractivity contribution in [2.45, 2.75) is 65.0 Å². The second-order valence-electron chi connectivity index (χ2n) is 5.95. The minimum Gasteiger partial charge on any atom is -0.247 e. The zero-order valence-electron chi connectivity index (χ0n) is 10.2. The van der Waals surface area contributed by atoms with E-state index < -0.39 is 6.17 Å². The summed E-state index contributed by atoms with van der Waals surface area (Å²) in [5.41, 5.74) is 0. The molecule has 0 bridgehead atoms. The summed E-state index contributed by atoms with van der Waals surface area (Å²) < 4.78 is 14.3. The number of alkyl halides is 1. The minimum absolute atomic E-state index is 0.313. The average Bonchev–Trinajstić information content (AvgIpc) is 2.26. The molecule has 0 aromatic rings. The Morgan fingerprint density at radius 3 is 2.07 bits per heavy atom. The summed E-state index contributed by atoms with van der Waals surface area (Å²) in [5.74, 6) is 2.02. The van der Waals surface area contributed by atoms with Crippen molar-refractivity contribution < 1.29 is 4.39 Å². The van der Waals surface area contributed by atoms with E-state index in [0.29, 0.717) is 23.7 Å². The van der Waals surface area contributed by atoms with Gasteiger partial charge in [-0.15, -0.1) is 0 Å². The fourth-order valence-electron chi connectivity index (χ4n) is 3.81. The first-order chi connectivity index (χ1) is 7.20. The van der Waals surface area contributed by atoms with Crippen molar-refractivity contribution in [3.63, 3.8) is 0 Å². The summed E-state index contributed by atoms with van der Waals surface area (Å²) in [6.07, 6.45) is 8.49. The molecule has 4 unspecified atom stereocenters. The molecule has 2 aliphatic carbocycles. The highest BCUT2D eigenvalue weighted by Gasteiger charge is 2.40. The molecule has 4 atom stereocenters. The quantitative estimate of drug-likeness (QED) is 0.596. The van der Waals surface area contributed by atoms with Crippen molar-refractivity contribution in [2.75, 3.05) is 0 Å². The first kappa shape index (κ1) is 11.4. The van der Waals surface area contributed by atoms with Crippen LogP contribution in [0.5, 0.6) is 0 Å². The van der Waals surface area contributed by atoms with Gasteiger partial charge < -0.3 is 0 Å². The molecule has 2 saturated carbocycles. The fourth-order valence-corrected chi connectivity index (χ4v) is 3.81. The van der Waals surface area contributed by atoms with Crippen LogP contribution in [0.4, 0.5) is 4.39 Å². The maximum Gasteiger partial charge on any atom is 0.106 e. The van der Waals surface area contributed by atoms with E-state index in [1.54, 1.807) is 0 Å². The molecule has 0 amide bonds. The highest BCUT2D eigenvalue weighted by atomic mass is 19.1. The first-order valence-electron chi connectivity index (χ1n) is 6.84. The van der Waals surface area contributed by atoms with E-state index in [1.165, 1.54) is 38.5 Å². The zero-order valence-corrected chi connectivity index (χ0v) is 10.2. The van der Waals surface area contributed by atoms with Crippen molar-refractivity contribution in [1.29, 1.82) is 0 Å². The van der Waals surface area contributed by atoms with Crippen LogP contribution >= 0.6 is 0 Å². The lowest BCUT2D eigenvalue weighted by molar-refractivity contribution is 0.0153. The van der Waals surface area contributed by atoms with Crippen molar-refractivity contribution in [1.82, 2.24) is 0 Å². The van der Waals surface area contributed by atoms with E-state index in [2.05, 4.69) is 13.8 Å². The number of rotatable bonds is 1. The topological polar surface area (TPSA) is 0 Å². The maximum atomic E-state index is 14.3. The predicted molar refractivity (Wildman–Crippen MR) is 62.5 cm³/mol. The normalized spacial score (nSPS) is 44.2. The standard InChI is InChI=1S/C14H25F/c1-10-8-9-11(2)14(15)13(10)12-6-4-3-5-7-12/h10-14H,3-9H2,1-2H3. The highest BCUT2D eigenvalue weighted by molar-refractivity contribution is 4.89. The van der Waals surface area contributed by atoms with Crippen molar-refractivity contribution in [3.05, 3.63) is 0 Å². The molecule has 2 aliphatic rings. The van der Waals surface area contributed by atoms with Gasteiger partial charge in [-0.1, -0.05) is 46.0 Å². The van der Waals surface area contributed by atoms with E-state index in [9.17, 15) is 4.39 Å². The van der Waals surface area contributed by atoms with Gasteiger partial charge in [-0.3, -0.25) is 0 Å². The second kappa shape index (κ2) is 4.84. The molecule has 0 saturated heterocycles. The third-order valence-corrected chi connectivity index (χ3v) is 4.84. The van der Waals surface area contributed by atoms with E-state index >= 15 is 0 Å². The molecule has 88 valence electrons. The summed E-state index contributed by atoms with van der Waals surface area (Å²) in [4.78, 5) is 0. The van der Waals surface area contributed by atoms with Crippen LogP contribution < -0.4 is 0 Å². The van der Waals surface area contributed by atoms with Crippen molar-refractivity contribution >= 4 is 0 Å². The Labute approximate surface area is 93.6 Å². The molecule has 1 heteroatoms. The summed E-state index contributed by atoms with van der Waals surface area (Å²) in [5, 5.41) is 0. The van der Waals surface area contributed by atoms with E-state index in [1.807, 2.05) is 0 Å². The lowest BCUT2D eigenvalue weighted by Crippen LogP contribution is -2.39. The van der Waals surface area contributed by atoms with Gasteiger partial charge in [0.25, 0.3) is 0 Å². The smallest absolute Gasteiger partial charge is 0.106 e. The van der Waals surface area contributed by atoms with Gasteiger partial charge in [0.2, 0.25) is 0 Å². The third kappa shape index (κ3) is 2.37. The van der Waals surface area contributed by atoms with Crippen LogP contribution in [-0.2, 0) is 0 Å². The lowest BCUT2D eigenvalue weighted by Gasteiger charge is -2.42. The molecule has 0 radical (unpaired) electrons. The van der Waals surface area contributed by atoms with Gasteiger partial charge in [0, 0.05) is 0 Å². The van der Waals surface area contributed by atoms with Crippen LogP contribution in [0.3, 0.4) is 0 Å². The Morgan fingerprint density at radius 1 is 0.800 bits per heavy atom. The molecule has 0 aromatic heterocycles. The molecule has 2 fully saturated rings. The van der Waals surface area contributed by atoms with Crippen molar-refractivity contribution in [2.24, 2.45) is 23.7 Å². The van der Waals surface area contributed by atoms with Gasteiger partial charge in [0.1, 0.15) is 6.17 Å². The monoisotopic (exact) mass is 212 g/mol. The lowest BCUT2D eigenvalue weighted by atomic mass is 9.65. The van der Waals surface area contributed by atoms with Crippen LogP contribution in [0.25, 0.3) is 0 Å². The van der Waals surface area contributed by atoms with Gasteiger partial charge >= 0.3 is 0 Å². The first-order valence-corrected chi connectivity index (χ1v) is 6.84. The average molecular weight is 212 g/mol. The molecule has 0 aliphatic heterocycles. The Morgan fingerprint density at radius 2 is 1.40 bits per heavy atom. The van der Waals surface area contributed by atoms with Crippen LogP contribution in [0.1, 0.15) is 58.8 Å². The minimum atomic E-state index is -0.517. The maximum absolute atomic E-state index is 14.3. The molecule has 0 spiro atoms. The van der Waals surface area contributed by atoms with Gasteiger partial charge in [0.05, 0.1) is 0 Å². The van der Waals surface area contributed by atoms with E-state index in [0.717, 1.165) is 6.42 Å². The van der Waals surface area contributed by atoms with Crippen LogP contribution in [0, 0.1) is 23.7 Å². The SMILES string of the molecule is CC1CCC(C)C(C2CCCCC2)C1F. The molecular formula is C14H25F. The highest BCUT2D eigenvalue weighted by Crippen LogP contribution is 2.44. The molecule has 15 heavy (non-hydrogen) atoms. The Balaban J connectivity index is 2.02. The van der Waals surface area contributed by atoms with Crippen LogP contribution in [0.15, 0.2) is 0 Å². The number of hydrogen-bond donors (Lipinski definition) is 0. The second-order valence-corrected chi connectivity index (χ2v) is 5.95. The predicted octanol–water partition coefficient (Wildman–Crippen LogP) is 4.59. The summed E-state index contributed by atoms with van der Waals surface area (Å²) >= 11 is 0. The fraction of sp³-hybridized carbons (Fsp3) is 1.00. The molecular weight excluding hydrogens is 187 g/mol. The largest absolute Gasteiger partial charge is 0.247 e. The van der Waals surface area contributed by atoms with E-state index in [-0.39, 0.29) is 0 Å². The van der Waals surface area contributed by atoms with Crippen LogP contribution in [-0.4, -0.2) is 6.17 Å². The van der Waals surface area contributed by atoms with Gasteiger partial charge in [-0.25, -0.2) is 4.39 Å². The molecule has 2 rings (SSSR count). The Kier molecular flexibility index (Phi) is 3.69. The molecule has 0 N–H and O–H groups in total. The van der Waals surface area contributed by atoms with Crippen molar-refractivity contribution in [3.8, 4) is 0 Å². The Bertz CT molecular complexity index is 196. The summed E-state index contributed by atoms with van der Waals surface area (Å²) in [6.45, 7) is 4.38. The molecule has 0 nitrogen and oxygen atoms in total. The van der Waals surface area contributed by atoms with Gasteiger partial charge in [-0.05, 0) is 36.5 Å². The Hall–Kier alpha value is -0.0700. The summed E-state index contributed by atoms with van der Waals surface area (Å²) in [6, 6.07) is 0. The van der Waals surface area contributed by atoms with Gasteiger partial charge in [0.15, 0.2) is 0 Å². The summed E-state index contributed by atoms with van der Waals surface area (Å²) in [7, 11) is 0. The van der Waals surface area contributed by atoms with E-state index in [4.69, 9.17) is 0 Å². The number of halogens is 1. The molecule has 0 heterocycles. The van der Waals surface area contributed by atoms with Gasteiger partial charge in [-0.2, -0.15) is 0 Å². The third-order valence-electron chi connectivity index (χ3n) is 4.84. The number of hydrogen-bond acceptors (Lipinski definition) is 0.